The highest BCUT2D eigenvalue weighted by Crippen LogP contribution is 2.41. The number of thiophene rings is 1. The molecule has 1 saturated heterocycles. The van der Waals surface area contributed by atoms with E-state index in [0.717, 1.165) is 49.2 Å². The molecule has 2 aromatic rings. The Hall–Kier alpha value is -1.41. The van der Waals surface area contributed by atoms with Crippen molar-refractivity contribution < 1.29 is 13.2 Å². The zero-order valence-corrected chi connectivity index (χ0v) is 14.8. The van der Waals surface area contributed by atoms with Gasteiger partial charge in [0.05, 0.1) is 5.41 Å². The number of aromatic nitrogens is 3. The maximum absolute atomic E-state index is 12.9. The van der Waals surface area contributed by atoms with Crippen LogP contribution in [0.25, 0.3) is 0 Å². The number of hydrogen-bond donors (Lipinski definition) is 1. The number of rotatable bonds is 3. The van der Waals surface area contributed by atoms with Crippen LogP contribution < -0.4 is 5.32 Å². The van der Waals surface area contributed by atoms with Gasteiger partial charge in [-0.3, -0.25) is 0 Å². The average molecular weight is 358 g/mol. The zero-order valence-electron chi connectivity index (χ0n) is 13.9. The Balaban J connectivity index is 1.92. The molecule has 0 aliphatic carbocycles. The molecular weight excluding hydrogens is 337 g/mol. The van der Waals surface area contributed by atoms with Gasteiger partial charge in [-0.1, -0.05) is 0 Å². The largest absolute Gasteiger partial charge is 0.425 e. The Morgan fingerprint density at radius 1 is 1.12 bits per heavy atom. The van der Waals surface area contributed by atoms with E-state index < -0.39 is 16.5 Å². The Morgan fingerprint density at radius 3 is 2.33 bits per heavy atom. The Morgan fingerprint density at radius 2 is 1.75 bits per heavy atom. The molecule has 0 atom stereocenters. The lowest BCUT2D eigenvalue weighted by Crippen LogP contribution is -2.28. The molecule has 1 N–H and O–H groups in total. The van der Waals surface area contributed by atoms with Crippen LogP contribution in [0.2, 0.25) is 0 Å². The molecule has 0 saturated carbocycles. The number of piperidine rings is 1. The summed E-state index contributed by atoms with van der Waals surface area (Å²) in [4.78, 5) is 0.0634. The molecule has 1 fully saturated rings. The SMILES string of the molecule is Cn1c(C2CCNCC2)nnc1C(C)(C)c1ccc(C(F)(F)F)s1. The van der Waals surface area contributed by atoms with Crippen molar-refractivity contribution in [1.29, 1.82) is 0 Å². The molecule has 0 aromatic carbocycles. The predicted molar refractivity (Wildman–Crippen MR) is 87.3 cm³/mol. The fraction of sp³-hybridized carbons (Fsp3) is 0.625. The third kappa shape index (κ3) is 3.09. The molecule has 0 bridgehead atoms. The second-order valence-corrected chi connectivity index (χ2v) is 7.84. The summed E-state index contributed by atoms with van der Waals surface area (Å²) in [6, 6.07) is 2.69. The standard InChI is InChI=1S/C16H21F3N4S/c1-15(2,11-4-5-12(24-11)16(17,18)19)14-22-21-13(23(14)3)10-6-8-20-9-7-10/h4-5,10,20H,6-9H2,1-3H3. The van der Waals surface area contributed by atoms with E-state index in [1.165, 1.54) is 0 Å². The van der Waals surface area contributed by atoms with Gasteiger partial charge in [-0.2, -0.15) is 13.2 Å². The van der Waals surface area contributed by atoms with E-state index in [2.05, 4.69) is 15.5 Å². The highest BCUT2D eigenvalue weighted by atomic mass is 32.1. The number of nitrogens with one attached hydrogen (secondary N) is 1. The summed E-state index contributed by atoms with van der Waals surface area (Å²) in [6.07, 6.45) is -2.30. The highest BCUT2D eigenvalue weighted by Gasteiger charge is 2.37. The third-order valence-electron chi connectivity index (χ3n) is 4.67. The Labute approximate surface area is 143 Å². The van der Waals surface area contributed by atoms with Crippen molar-refractivity contribution in [3.63, 3.8) is 0 Å². The first-order chi connectivity index (χ1) is 11.2. The van der Waals surface area contributed by atoms with Crippen LogP contribution in [0.3, 0.4) is 0 Å². The topological polar surface area (TPSA) is 42.7 Å². The normalized spacial score (nSPS) is 17.4. The minimum Gasteiger partial charge on any atom is -0.317 e. The van der Waals surface area contributed by atoms with E-state index in [1.54, 1.807) is 6.07 Å². The first-order valence-electron chi connectivity index (χ1n) is 7.99. The maximum Gasteiger partial charge on any atom is 0.425 e. The van der Waals surface area contributed by atoms with Crippen molar-refractivity contribution in [2.45, 2.75) is 44.2 Å². The van der Waals surface area contributed by atoms with Gasteiger partial charge < -0.3 is 9.88 Å². The first kappa shape index (κ1) is 17.4. The fourth-order valence-corrected chi connectivity index (χ4v) is 4.23. The zero-order chi connectivity index (χ0) is 17.5. The van der Waals surface area contributed by atoms with Gasteiger partial charge in [0.2, 0.25) is 0 Å². The van der Waals surface area contributed by atoms with Crippen molar-refractivity contribution >= 4 is 11.3 Å². The van der Waals surface area contributed by atoms with Crippen LogP contribution in [-0.2, 0) is 18.6 Å². The molecule has 8 heteroatoms. The molecule has 0 amide bonds. The number of hydrogen-bond acceptors (Lipinski definition) is 4. The smallest absolute Gasteiger partial charge is 0.317 e. The number of halogens is 3. The molecule has 0 spiro atoms. The van der Waals surface area contributed by atoms with E-state index in [-0.39, 0.29) is 0 Å². The van der Waals surface area contributed by atoms with Gasteiger partial charge in [-0.05, 0) is 51.9 Å². The fourth-order valence-electron chi connectivity index (χ4n) is 3.26. The van der Waals surface area contributed by atoms with Gasteiger partial charge in [0.15, 0.2) is 0 Å². The maximum atomic E-state index is 12.9. The molecule has 24 heavy (non-hydrogen) atoms. The summed E-state index contributed by atoms with van der Waals surface area (Å²) in [7, 11) is 1.91. The molecule has 1 aliphatic heterocycles. The van der Waals surface area contributed by atoms with E-state index in [0.29, 0.717) is 16.6 Å². The molecule has 3 heterocycles. The molecule has 132 valence electrons. The summed E-state index contributed by atoms with van der Waals surface area (Å²) in [5.74, 6) is 1.97. The molecule has 2 aromatic heterocycles. The molecule has 1 aliphatic rings. The van der Waals surface area contributed by atoms with Crippen LogP contribution in [0.1, 0.15) is 54.0 Å². The summed E-state index contributed by atoms with van der Waals surface area (Å²) in [5.41, 5.74) is -0.624. The quantitative estimate of drug-likeness (QED) is 0.910. The third-order valence-corrected chi connectivity index (χ3v) is 6.13. The predicted octanol–water partition coefficient (Wildman–Crippen LogP) is 3.69. The monoisotopic (exact) mass is 358 g/mol. The van der Waals surface area contributed by atoms with E-state index >= 15 is 0 Å². The Kier molecular flexibility index (Phi) is 4.46. The van der Waals surface area contributed by atoms with E-state index in [9.17, 15) is 13.2 Å². The van der Waals surface area contributed by atoms with Crippen LogP contribution >= 0.6 is 11.3 Å². The van der Waals surface area contributed by atoms with Gasteiger partial charge in [0, 0.05) is 17.8 Å². The highest BCUT2D eigenvalue weighted by molar-refractivity contribution is 7.12. The minimum atomic E-state index is -4.31. The van der Waals surface area contributed by atoms with Gasteiger partial charge in [-0.15, -0.1) is 21.5 Å². The van der Waals surface area contributed by atoms with Crippen molar-refractivity contribution in [1.82, 2.24) is 20.1 Å². The van der Waals surface area contributed by atoms with E-state index in [4.69, 9.17) is 0 Å². The summed E-state index contributed by atoms with van der Waals surface area (Å²) >= 11 is 0.779. The minimum absolute atomic E-state index is 0.349. The second kappa shape index (κ2) is 6.15. The molecule has 4 nitrogen and oxygen atoms in total. The average Bonchev–Trinajstić information content (AvgIpc) is 3.15. The van der Waals surface area contributed by atoms with Gasteiger partial charge in [0.25, 0.3) is 0 Å². The molecule has 0 radical (unpaired) electrons. The summed E-state index contributed by atoms with van der Waals surface area (Å²) in [6.45, 7) is 5.71. The summed E-state index contributed by atoms with van der Waals surface area (Å²) in [5, 5.41) is 12.0. The van der Waals surface area contributed by atoms with Gasteiger partial charge in [0.1, 0.15) is 16.5 Å². The number of alkyl halides is 3. The van der Waals surface area contributed by atoms with Gasteiger partial charge in [-0.25, -0.2) is 0 Å². The molecule has 0 unspecified atom stereocenters. The lowest BCUT2D eigenvalue weighted by Gasteiger charge is -2.25. The van der Waals surface area contributed by atoms with Crippen molar-refractivity contribution in [2.24, 2.45) is 7.05 Å². The molecule has 3 rings (SSSR count). The van der Waals surface area contributed by atoms with Crippen LogP contribution in [0.5, 0.6) is 0 Å². The summed E-state index contributed by atoms with van der Waals surface area (Å²) < 4.78 is 40.6. The van der Waals surface area contributed by atoms with E-state index in [1.807, 2.05) is 25.5 Å². The van der Waals surface area contributed by atoms with Crippen LogP contribution in [0.15, 0.2) is 12.1 Å². The second-order valence-electron chi connectivity index (χ2n) is 6.75. The molecular formula is C16H21F3N4S. The lowest BCUT2D eigenvalue weighted by atomic mass is 9.90. The van der Waals surface area contributed by atoms with Crippen LogP contribution in [0, 0.1) is 0 Å². The van der Waals surface area contributed by atoms with Crippen LogP contribution in [0.4, 0.5) is 13.2 Å². The Bertz CT molecular complexity index is 711. The first-order valence-corrected chi connectivity index (χ1v) is 8.81. The van der Waals surface area contributed by atoms with Crippen molar-refractivity contribution in [3.05, 3.63) is 33.5 Å². The lowest BCUT2D eigenvalue weighted by molar-refractivity contribution is -0.134. The van der Waals surface area contributed by atoms with Gasteiger partial charge >= 0.3 is 6.18 Å². The van der Waals surface area contributed by atoms with Crippen molar-refractivity contribution in [3.8, 4) is 0 Å². The van der Waals surface area contributed by atoms with Crippen molar-refractivity contribution in [2.75, 3.05) is 13.1 Å². The number of nitrogens with zero attached hydrogens (tertiary/aromatic N) is 3. The van der Waals surface area contributed by atoms with Crippen LogP contribution in [-0.4, -0.2) is 27.9 Å².